The molecular weight excluding hydrogens is 578 g/mol. The second kappa shape index (κ2) is 15.3. The van der Waals surface area contributed by atoms with Crippen LogP contribution in [0.4, 0.5) is 11.4 Å². The maximum Gasteiger partial charge on any atom is 0.272 e. The summed E-state index contributed by atoms with van der Waals surface area (Å²) in [5.41, 5.74) is 1.86. The molecule has 0 heterocycles. The Morgan fingerprint density at radius 2 is 1.64 bits per heavy atom. The van der Waals surface area contributed by atoms with E-state index in [2.05, 4.69) is 16.0 Å². The number of amides is 3. The molecule has 0 aliphatic carbocycles. The Labute approximate surface area is 260 Å². The highest BCUT2D eigenvalue weighted by molar-refractivity contribution is 8.00. The van der Waals surface area contributed by atoms with E-state index in [9.17, 15) is 19.5 Å². The molecule has 0 saturated carbocycles. The van der Waals surface area contributed by atoms with Gasteiger partial charge in [0, 0.05) is 27.8 Å². The third-order valence-electron chi connectivity index (χ3n) is 6.26. The summed E-state index contributed by atoms with van der Waals surface area (Å²) in [6.07, 6.45) is 1.47. The van der Waals surface area contributed by atoms with Gasteiger partial charge in [0.2, 0.25) is 5.91 Å². The standard InChI is InChI=1S/C34H33N3O6S/c1-4-43-30-16-9-8-15-28(30)36-32(39)22(2)44-27-14-10-13-25(20-27)35-34(41)29(37-33(40)23-11-6-5-7-12-23)19-24-17-18-26(38)21-31(24)42-3/h5-22,38H,4H2,1-3H3,(H,35,41)(H,36,39)(H,37,40)/b29-19+. The minimum Gasteiger partial charge on any atom is -0.508 e. The average Bonchev–Trinajstić information content (AvgIpc) is 3.03. The maximum atomic E-state index is 13.5. The fourth-order valence-corrected chi connectivity index (χ4v) is 5.03. The Morgan fingerprint density at radius 1 is 0.886 bits per heavy atom. The van der Waals surface area contributed by atoms with Crippen molar-refractivity contribution in [2.24, 2.45) is 0 Å². The molecule has 4 N–H and O–H groups in total. The number of carbonyl (C=O) groups excluding carboxylic acids is 3. The van der Waals surface area contributed by atoms with Gasteiger partial charge in [0.15, 0.2) is 0 Å². The van der Waals surface area contributed by atoms with Gasteiger partial charge in [0.1, 0.15) is 22.9 Å². The fourth-order valence-electron chi connectivity index (χ4n) is 4.11. The molecule has 9 nitrogen and oxygen atoms in total. The first kappa shape index (κ1) is 31.7. The molecule has 4 aromatic carbocycles. The SMILES string of the molecule is CCOc1ccccc1NC(=O)C(C)Sc1cccc(NC(=O)/C(=C\c2ccc(O)cc2OC)NC(=O)c2ccccc2)c1. The summed E-state index contributed by atoms with van der Waals surface area (Å²) in [5.74, 6) is -0.343. The Kier molecular flexibility index (Phi) is 11.0. The molecule has 226 valence electrons. The zero-order valence-electron chi connectivity index (χ0n) is 24.5. The lowest BCUT2D eigenvalue weighted by Gasteiger charge is -2.16. The molecule has 4 aromatic rings. The number of rotatable bonds is 12. The first-order valence-electron chi connectivity index (χ1n) is 13.8. The molecule has 10 heteroatoms. The van der Waals surface area contributed by atoms with E-state index < -0.39 is 17.1 Å². The van der Waals surface area contributed by atoms with Crippen LogP contribution < -0.4 is 25.4 Å². The third kappa shape index (κ3) is 8.65. The van der Waals surface area contributed by atoms with Crippen LogP contribution in [0.25, 0.3) is 6.08 Å². The van der Waals surface area contributed by atoms with Crippen LogP contribution in [0, 0.1) is 0 Å². The van der Waals surface area contributed by atoms with Gasteiger partial charge in [-0.1, -0.05) is 36.4 Å². The van der Waals surface area contributed by atoms with Crippen LogP contribution in [0.2, 0.25) is 0 Å². The summed E-state index contributed by atoms with van der Waals surface area (Å²) >= 11 is 1.33. The first-order valence-corrected chi connectivity index (χ1v) is 14.7. The fraction of sp³-hybridized carbons (Fsp3) is 0.147. The quantitative estimate of drug-likeness (QED) is 0.109. The van der Waals surface area contributed by atoms with Crippen molar-refractivity contribution < 1.29 is 29.0 Å². The third-order valence-corrected chi connectivity index (χ3v) is 7.36. The van der Waals surface area contributed by atoms with Crippen molar-refractivity contribution in [3.8, 4) is 17.2 Å². The van der Waals surface area contributed by atoms with Gasteiger partial charge in [-0.2, -0.15) is 0 Å². The van der Waals surface area contributed by atoms with Gasteiger partial charge in [0.25, 0.3) is 11.8 Å². The number of phenols is 1. The van der Waals surface area contributed by atoms with Crippen LogP contribution in [-0.2, 0) is 9.59 Å². The van der Waals surface area contributed by atoms with E-state index in [1.54, 1.807) is 73.7 Å². The molecule has 0 fully saturated rings. The summed E-state index contributed by atoms with van der Waals surface area (Å²) < 4.78 is 11.0. The molecular formula is C34H33N3O6S. The number of hydrogen-bond acceptors (Lipinski definition) is 7. The minimum atomic E-state index is -0.579. The predicted octanol–water partition coefficient (Wildman–Crippen LogP) is 6.33. The number of thioether (sulfide) groups is 1. The van der Waals surface area contributed by atoms with Crippen molar-refractivity contribution in [1.82, 2.24) is 5.32 Å². The number of benzene rings is 4. The summed E-state index contributed by atoms with van der Waals surface area (Å²) in [4.78, 5) is 40.2. The number of ether oxygens (including phenoxy) is 2. The van der Waals surface area contributed by atoms with E-state index in [4.69, 9.17) is 9.47 Å². The van der Waals surface area contributed by atoms with Crippen LogP contribution in [-0.4, -0.2) is 41.8 Å². The number of methoxy groups -OCH3 is 1. The Morgan fingerprint density at radius 3 is 2.39 bits per heavy atom. The minimum absolute atomic E-state index is 0.00551. The van der Waals surface area contributed by atoms with Crippen LogP contribution >= 0.6 is 11.8 Å². The van der Waals surface area contributed by atoms with E-state index in [1.165, 1.54) is 37.1 Å². The van der Waals surface area contributed by atoms with Crippen LogP contribution in [0.1, 0.15) is 29.8 Å². The van der Waals surface area contributed by atoms with Gasteiger partial charge >= 0.3 is 0 Å². The molecule has 0 radical (unpaired) electrons. The molecule has 4 rings (SSSR count). The number of phenolic OH excluding ortho intramolecular Hbond substituents is 1. The summed E-state index contributed by atoms with van der Waals surface area (Å²) in [7, 11) is 1.44. The number of aromatic hydroxyl groups is 1. The van der Waals surface area contributed by atoms with E-state index in [-0.39, 0.29) is 17.4 Å². The summed E-state index contributed by atoms with van der Waals surface area (Å²) in [5, 5.41) is 17.8. The van der Waals surface area contributed by atoms with Gasteiger partial charge in [0.05, 0.1) is 24.7 Å². The smallest absolute Gasteiger partial charge is 0.272 e. The summed E-state index contributed by atoms with van der Waals surface area (Å²) in [6, 6.07) is 27.3. The zero-order valence-corrected chi connectivity index (χ0v) is 25.3. The van der Waals surface area contributed by atoms with E-state index in [1.807, 2.05) is 25.1 Å². The van der Waals surface area contributed by atoms with Crippen molar-refractivity contribution in [2.45, 2.75) is 24.0 Å². The number of nitrogens with one attached hydrogen (secondary N) is 3. The Balaban J connectivity index is 1.51. The van der Waals surface area contributed by atoms with E-state index in [0.717, 1.165) is 4.90 Å². The topological polar surface area (TPSA) is 126 Å². The molecule has 0 aliphatic heterocycles. The van der Waals surface area contributed by atoms with Crippen molar-refractivity contribution in [2.75, 3.05) is 24.4 Å². The molecule has 0 spiro atoms. The van der Waals surface area contributed by atoms with Crippen molar-refractivity contribution >= 4 is 46.9 Å². The number of para-hydroxylation sites is 2. The Hall–Kier alpha value is -5.22. The molecule has 3 amide bonds. The molecule has 0 saturated heterocycles. The molecule has 0 aliphatic rings. The second-order valence-corrected chi connectivity index (χ2v) is 10.9. The Bertz CT molecular complexity index is 1660. The molecule has 1 unspecified atom stereocenters. The number of anilines is 2. The molecule has 1 atom stereocenters. The first-order chi connectivity index (χ1) is 21.3. The number of carbonyl (C=O) groups is 3. The lowest BCUT2D eigenvalue weighted by atomic mass is 10.1. The van der Waals surface area contributed by atoms with Crippen LogP contribution in [0.5, 0.6) is 17.2 Å². The van der Waals surface area contributed by atoms with Crippen molar-refractivity contribution in [3.05, 3.63) is 114 Å². The lowest BCUT2D eigenvalue weighted by molar-refractivity contribution is -0.115. The van der Waals surface area contributed by atoms with Gasteiger partial charge in [-0.05, 0) is 74.5 Å². The van der Waals surface area contributed by atoms with Gasteiger partial charge in [-0.15, -0.1) is 11.8 Å². The largest absolute Gasteiger partial charge is 0.508 e. The molecule has 0 bridgehead atoms. The molecule has 0 aromatic heterocycles. The normalized spacial score (nSPS) is 11.7. The summed E-state index contributed by atoms with van der Waals surface area (Å²) in [6.45, 7) is 4.15. The zero-order chi connectivity index (χ0) is 31.5. The van der Waals surface area contributed by atoms with Gasteiger partial charge < -0.3 is 30.5 Å². The average molecular weight is 612 g/mol. The predicted molar refractivity (Wildman–Crippen MR) is 173 cm³/mol. The monoisotopic (exact) mass is 611 g/mol. The highest BCUT2D eigenvalue weighted by Gasteiger charge is 2.19. The highest BCUT2D eigenvalue weighted by Crippen LogP contribution is 2.30. The highest BCUT2D eigenvalue weighted by atomic mass is 32.2. The maximum absolute atomic E-state index is 13.5. The van der Waals surface area contributed by atoms with E-state index >= 15 is 0 Å². The molecule has 44 heavy (non-hydrogen) atoms. The number of hydrogen-bond donors (Lipinski definition) is 4. The van der Waals surface area contributed by atoms with Gasteiger partial charge in [-0.25, -0.2) is 0 Å². The van der Waals surface area contributed by atoms with Gasteiger partial charge in [-0.3, -0.25) is 14.4 Å². The lowest BCUT2D eigenvalue weighted by Crippen LogP contribution is -2.30. The van der Waals surface area contributed by atoms with Crippen molar-refractivity contribution in [1.29, 1.82) is 0 Å². The van der Waals surface area contributed by atoms with Crippen LogP contribution in [0.3, 0.4) is 0 Å². The van der Waals surface area contributed by atoms with Crippen LogP contribution in [0.15, 0.2) is 108 Å². The second-order valence-electron chi connectivity index (χ2n) is 9.46. The van der Waals surface area contributed by atoms with E-state index in [0.29, 0.717) is 40.6 Å². The van der Waals surface area contributed by atoms with Crippen molar-refractivity contribution in [3.63, 3.8) is 0 Å².